The number of benzene rings is 1. The summed E-state index contributed by atoms with van der Waals surface area (Å²) in [6, 6.07) is 17.2. The number of nitrogens with zero attached hydrogens (tertiary/aromatic N) is 3. The Balaban J connectivity index is 1.86. The van der Waals surface area contributed by atoms with Crippen LogP contribution < -0.4 is 4.90 Å². The van der Waals surface area contributed by atoms with Crippen molar-refractivity contribution in [3.8, 4) is 6.07 Å². The van der Waals surface area contributed by atoms with Crippen molar-refractivity contribution < 1.29 is 0 Å². The molecule has 0 N–H and O–H groups in total. The summed E-state index contributed by atoms with van der Waals surface area (Å²) in [5.41, 5.74) is 1.93. The second-order valence-corrected chi connectivity index (χ2v) is 5.77. The maximum Gasteiger partial charge on any atom is 0.0858 e. The fraction of sp³-hybridized carbons (Fsp3) is 0.333. The molecule has 2 aromatic rings. The zero-order chi connectivity index (χ0) is 14.7. The molecule has 0 spiro atoms. The van der Waals surface area contributed by atoms with Crippen LogP contribution in [0, 0.1) is 11.3 Å². The van der Waals surface area contributed by atoms with Crippen LogP contribution in [0.2, 0.25) is 0 Å². The lowest BCUT2D eigenvalue weighted by molar-refractivity contribution is 0.360. The van der Waals surface area contributed by atoms with Gasteiger partial charge in [0.25, 0.3) is 0 Å². The SMILES string of the molecule is CC1CC(C#N)(c2ccccc2)CCN1c1cccnc1. The van der Waals surface area contributed by atoms with Crippen molar-refractivity contribution >= 4 is 5.69 Å². The van der Waals surface area contributed by atoms with Gasteiger partial charge in [0.15, 0.2) is 0 Å². The number of rotatable bonds is 2. The van der Waals surface area contributed by atoms with Gasteiger partial charge in [-0.2, -0.15) is 5.26 Å². The standard InChI is InChI=1S/C18H19N3/c1-15-12-18(14-19,16-6-3-2-4-7-16)9-11-21(15)17-8-5-10-20-13-17/h2-8,10,13,15H,9,11-12H2,1H3. The minimum atomic E-state index is -0.362. The normalized spacial score (nSPS) is 25.3. The lowest BCUT2D eigenvalue weighted by Crippen LogP contribution is -2.47. The minimum absolute atomic E-state index is 0.322. The molecule has 0 amide bonds. The molecule has 3 heteroatoms. The Kier molecular flexibility index (Phi) is 3.62. The smallest absolute Gasteiger partial charge is 0.0858 e. The Morgan fingerprint density at radius 2 is 2.05 bits per heavy atom. The number of piperidine rings is 1. The van der Waals surface area contributed by atoms with Gasteiger partial charge in [0.1, 0.15) is 0 Å². The molecule has 1 aliphatic heterocycles. The second kappa shape index (κ2) is 5.57. The summed E-state index contributed by atoms with van der Waals surface area (Å²) < 4.78 is 0. The van der Waals surface area contributed by atoms with Gasteiger partial charge in [-0.05, 0) is 37.5 Å². The third kappa shape index (κ3) is 2.50. The first kappa shape index (κ1) is 13.6. The minimum Gasteiger partial charge on any atom is -0.367 e. The van der Waals surface area contributed by atoms with Crippen molar-refractivity contribution in [1.29, 1.82) is 5.26 Å². The van der Waals surface area contributed by atoms with Crippen LogP contribution in [-0.2, 0) is 5.41 Å². The molecule has 3 nitrogen and oxygen atoms in total. The largest absolute Gasteiger partial charge is 0.367 e. The van der Waals surface area contributed by atoms with E-state index < -0.39 is 0 Å². The van der Waals surface area contributed by atoms with Gasteiger partial charge in [0.2, 0.25) is 0 Å². The van der Waals surface area contributed by atoms with E-state index >= 15 is 0 Å². The zero-order valence-electron chi connectivity index (χ0n) is 12.2. The molecule has 1 aliphatic rings. The van der Waals surface area contributed by atoms with Crippen LogP contribution >= 0.6 is 0 Å². The number of aromatic nitrogens is 1. The second-order valence-electron chi connectivity index (χ2n) is 5.77. The van der Waals surface area contributed by atoms with Crippen LogP contribution in [0.4, 0.5) is 5.69 Å². The average Bonchev–Trinajstić information content (AvgIpc) is 2.56. The molecule has 0 radical (unpaired) electrons. The molecule has 1 aromatic carbocycles. The Morgan fingerprint density at radius 3 is 2.67 bits per heavy atom. The lowest BCUT2D eigenvalue weighted by atomic mass is 9.71. The van der Waals surface area contributed by atoms with Crippen molar-refractivity contribution in [3.05, 3.63) is 60.4 Å². The highest BCUT2D eigenvalue weighted by Gasteiger charge is 2.39. The molecule has 0 bridgehead atoms. The average molecular weight is 277 g/mol. The maximum atomic E-state index is 9.79. The molecule has 1 aromatic heterocycles. The van der Waals surface area contributed by atoms with E-state index in [4.69, 9.17) is 0 Å². The molecule has 0 aliphatic carbocycles. The third-order valence-electron chi connectivity index (χ3n) is 4.47. The van der Waals surface area contributed by atoms with E-state index in [1.807, 2.05) is 30.5 Å². The molecular formula is C18H19N3. The van der Waals surface area contributed by atoms with Crippen LogP contribution in [0.5, 0.6) is 0 Å². The van der Waals surface area contributed by atoms with Crippen LogP contribution in [0.25, 0.3) is 0 Å². The number of hydrogen-bond donors (Lipinski definition) is 0. The van der Waals surface area contributed by atoms with Gasteiger partial charge in [-0.3, -0.25) is 4.98 Å². The van der Waals surface area contributed by atoms with E-state index in [9.17, 15) is 5.26 Å². The van der Waals surface area contributed by atoms with Crippen LogP contribution in [0.3, 0.4) is 0 Å². The lowest BCUT2D eigenvalue weighted by Gasteiger charge is -2.43. The van der Waals surface area contributed by atoms with E-state index in [1.165, 1.54) is 0 Å². The highest BCUT2D eigenvalue weighted by atomic mass is 15.2. The molecular weight excluding hydrogens is 258 g/mol. The Hall–Kier alpha value is -2.34. The maximum absolute atomic E-state index is 9.79. The molecule has 2 atom stereocenters. The van der Waals surface area contributed by atoms with E-state index in [2.05, 4.69) is 41.1 Å². The van der Waals surface area contributed by atoms with Gasteiger partial charge >= 0.3 is 0 Å². The summed E-state index contributed by atoms with van der Waals surface area (Å²) in [5, 5.41) is 9.79. The Bertz CT molecular complexity index is 633. The Morgan fingerprint density at radius 1 is 1.24 bits per heavy atom. The first-order chi connectivity index (χ1) is 10.2. The number of nitriles is 1. The first-order valence-electron chi connectivity index (χ1n) is 7.39. The highest BCUT2D eigenvalue weighted by Crippen LogP contribution is 2.39. The summed E-state index contributed by atoms with van der Waals surface area (Å²) in [6.45, 7) is 3.08. The van der Waals surface area contributed by atoms with Crippen molar-refractivity contribution in [2.45, 2.75) is 31.2 Å². The van der Waals surface area contributed by atoms with Gasteiger partial charge < -0.3 is 4.90 Å². The third-order valence-corrected chi connectivity index (χ3v) is 4.47. The van der Waals surface area contributed by atoms with Gasteiger partial charge in [-0.15, -0.1) is 0 Å². The van der Waals surface area contributed by atoms with Crippen LogP contribution in [0.1, 0.15) is 25.3 Å². The predicted molar refractivity (Wildman–Crippen MR) is 84.0 cm³/mol. The van der Waals surface area contributed by atoms with Crippen molar-refractivity contribution in [1.82, 2.24) is 4.98 Å². The van der Waals surface area contributed by atoms with E-state index in [1.54, 1.807) is 6.20 Å². The molecule has 106 valence electrons. The van der Waals surface area contributed by atoms with Crippen LogP contribution in [0.15, 0.2) is 54.9 Å². The quantitative estimate of drug-likeness (QED) is 0.843. The topological polar surface area (TPSA) is 39.9 Å². The van der Waals surface area contributed by atoms with Crippen molar-refractivity contribution in [2.24, 2.45) is 0 Å². The zero-order valence-corrected chi connectivity index (χ0v) is 12.2. The first-order valence-corrected chi connectivity index (χ1v) is 7.39. The van der Waals surface area contributed by atoms with E-state index in [0.29, 0.717) is 6.04 Å². The van der Waals surface area contributed by atoms with Crippen LogP contribution in [-0.4, -0.2) is 17.6 Å². The summed E-state index contributed by atoms with van der Waals surface area (Å²) >= 11 is 0. The van der Waals surface area contributed by atoms with E-state index in [0.717, 1.165) is 30.6 Å². The summed E-state index contributed by atoms with van der Waals surface area (Å²) in [6.07, 6.45) is 5.40. The molecule has 2 heterocycles. The van der Waals surface area contributed by atoms with Crippen molar-refractivity contribution in [3.63, 3.8) is 0 Å². The van der Waals surface area contributed by atoms with Crippen molar-refractivity contribution in [2.75, 3.05) is 11.4 Å². The number of pyridine rings is 1. The Labute approximate surface area is 125 Å². The van der Waals surface area contributed by atoms with Gasteiger partial charge in [0, 0.05) is 18.8 Å². The fourth-order valence-corrected chi connectivity index (χ4v) is 3.34. The molecule has 3 rings (SSSR count). The molecule has 1 fully saturated rings. The molecule has 2 unspecified atom stereocenters. The predicted octanol–water partition coefficient (Wildman–Crippen LogP) is 3.53. The van der Waals surface area contributed by atoms with Gasteiger partial charge in [-0.1, -0.05) is 30.3 Å². The fourth-order valence-electron chi connectivity index (χ4n) is 3.34. The summed E-state index contributed by atoms with van der Waals surface area (Å²) in [5.74, 6) is 0. The van der Waals surface area contributed by atoms with E-state index in [-0.39, 0.29) is 5.41 Å². The number of anilines is 1. The van der Waals surface area contributed by atoms with Gasteiger partial charge in [0.05, 0.1) is 23.4 Å². The summed E-state index contributed by atoms with van der Waals surface area (Å²) in [4.78, 5) is 6.56. The highest BCUT2D eigenvalue weighted by molar-refractivity contribution is 5.47. The molecule has 21 heavy (non-hydrogen) atoms. The monoisotopic (exact) mass is 277 g/mol. The molecule has 0 saturated carbocycles. The van der Waals surface area contributed by atoms with Gasteiger partial charge in [-0.25, -0.2) is 0 Å². The number of hydrogen-bond acceptors (Lipinski definition) is 3. The summed E-state index contributed by atoms with van der Waals surface area (Å²) in [7, 11) is 0. The molecule has 1 saturated heterocycles.